The Bertz CT molecular complexity index is 110. The Balaban J connectivity index is 3.82. The van der Waals surface area contributed by atoms with Gasteiger partial charge in [-0.05, 0) is 15.9 Å². The molecule has 1 amide bonds. The molecule has 0 aromatic heterocycles. The van der Waals surface area contributed by atoms with Crippen molar-refractivity contribution in [2.45, 2.75) is 0 Å². The first-order valence-corrected chi connectivity index (χ1v) is 2.35. The summed E-state index contributed by atoms with van der Waals surface area (Å²) in [6, 6.07) is 0. The van der Waals surface area contributed by atoms with Crippen molar-refractivity contribution in [3.8, 4) is 0 Å². The van der Waals surface area contributed by atoms with Gasteiger partial charge in [-0.1, -0.05) is 0 Å². The summed E-state index contributed by atoms with van der Waals surface area (Å²) < 4.78 is 0.201. The summed E-state index contributed by atoms with van der Waals surface area (Å²) in [5.74, 6) is -0.553. The predicted octanol–water partition coefficient (Wildman–Crippen LogP) is -0.333. The number of carbonyl (C=O) groups is 1. The minimum Gasteiger partial charge on any atom is -0.404 e. The van der Waals surface area contributed by atoms with Gasteiger partial charge in [-0.2, -0.15) is 0 Å². The summed E-state index contributed by atoms with van der Waals surface area (Å²) in [5, 5.41) is 0. The Labute approximate surface area is 49.5 Å². The van der Waals surface area contributed by atoms with Gasteiger partial charge in [-0.3, -0.25) is 4.79 Å². The Morgan fingerprint density at radius 1 is 1.71 bits per heavy atom. The predicted molar refractivity (Wildman–Crippen MR) is 30.4 cm³/mol. The van der Waals surface area contributed by atoms with Crippen molar-refractivity contribution < 1.29 is 4.79 Å². The Kier molecular flexibility index (Phi) is 2.44. The zero-order valence-electron chi connectivity index (χ0n) is 3.52. The van der Waals surface area contributed by atoms with Crippen LogP contribution >= 0.6 is 15.9 Å². The van der Waals surface area contributed by atoms with E-state index in [0.29, 0.717) is 0 Å². The lowest BCUT2D eigenvalue weighted by atomic mass is 10.6. The highest BCUT2D eigenvalue weighted by molar-refractivity contribution is 9.12. The van der Waals surface area contributed by atoms with Gasteiger partial charge < -0.3 is 11.5 Å². The zero-order valence-corrected chi connectivity index (χ0v) is 5.10. The summed E-state index contributed by atoms with van der Waals surface area (Å²) in [6.45, 7) is 0. The van der Waals surface area contributed by atoms with Crippen LogP contribution < -0.4 is 11.5 Å². The van der Waals surface area contributed by atoms with E-state index in [-0.39, 0.29) is 4.48 Å². The van der Waals surface area contributed by atoms with Gasteiger partial charge in [0.2, 0.25) is 0 Å². The van der Waals surface area contributed by atoms with Gasteiger partial charge in [0, 0.05) is 6.20 Å². The first-order valence-electron chi connectivity index (χ1n) is 1.55. The Morgan fingerprint density at radius 3 is 2.14 bits per heavy atom. The van der Waals surface area contributed by atoms with Gasteiger partial charge in [0.25, 0.3) is 5.91 Å². The van der Waals surface area contributed by atoms with Crippen LogP contribution in [0.4, 0.5) is 0 Å². The van der Waals surface area contributed by atoms with Crippen molar-refractivity contribution in [1.29, 1.82) is 0 Å². The molecule has 0 rings (SSSR count). The second kappa shape index (κ2) is 2.63. The molecule has 7 heavy (non-hydrogen) atoms. The number of hydrogen-bond acceptors (Lipinski definition) is 2. The van der Waals surface area contributed by atoms with E-state index in [1.54, 1.807) is 0 Å². The molecule has 0 aliphatic rings. The van der Waals surface area contributed by atoms with Crippen LogP contribution in [-0.2, 0) is 4.79 Å². The quantitative estimate of drug-likeness (QED) is 0.522. The maximum absolute atomic E-state index is 9.96. The molecule has 0 spiro atoms. The van der Waals surface area contributed by atoms with Gasteiger partial charge in [0.05, 0.1) is 4.48 Å². The van der Waals surface area contributed by atoms with Crippen LogP contribution in [0.1, 0.15) is 0 Å². The molecule has 0 aromatic rings. The third-order valence-electron chi connectivity index (χ3n) is 0.382. The van der Waals surface area contributed by atoms with Crippen LogP contribution in [0.25, 0.3) is 0 Å². The molecule has 0 aromatic carbocycles. The average Bonchev–Trinajstić information content (AvgIpc) is 1.65. The molecule has 0 bridgehead atoms. The van der Waals surface area contributed by atoms with Gasteiger partial charge in [-0.15, -0.1) is 0 Å². The van der Waals surface area contributed by atoms with Gasteiger partial charge in [0.1, 0.15) is 0 Å². The average molecular weight is 165 g/mol. The second-order valence-corrected chi connectivity index (χ2v) is 1.73. The molecule has 4 heteroatoms. The lowest BCUT2D eigenvalue weighted by Crippen LogP contribution is -2.10. The van der Waals surface area contributed by atoms with Gasteiger partial charge >= 0.3 is 0 Å². The third kappa shape index (κ3) is 2.22. The smallest absolute Gasteiger partial charge is 0.257 e. The summed E-state index contributed by atoms with van der Waals surface area (Å²) >= 11 is 2.80. The number of amides is 1. The van der Waals surface area contributed by atoms with E-state index in [0.717, 1.165) is 6.20 Å². The highest BCUT2D eigenvalue weighted by Gasteiger charge is 1.93. The standard InChI is InChI=1S/C3H5BrN2O/c4-2(1-5)3(6)7/h1H,5H2,(H2,6,7)/b2-1+. The van der Waals surface area contributed by atoms with Crippen molar-refractivity contribution in [2.24, 2.45) is 11.5 Å². The minimum absolute atomic E-state index is 0.201. The van der Waals surface area contributed by atoms with Crippen LogP contribution in [0.2, 0.25) is 0 Å². The second-order valence-electron chi connectivity index (χ2n) is 0.879. The topological polar surface area (TPSA) is 69.1 Å². The largest absolute Gasteiger partial charge is 0.404 e. The summed E-state index contributed by atoms with van der Waals surface area (Å²) in [7, 11) is 0. The monoisotopic (exact) mass is 164 g/mol. The molecule has 0 heterocycles. The van der Waals surface area contributed by atoms with E-state index in [4.69, 9.17) is 11.5 Å². The number of halogens is 1. The molecule has 0 unspecified atom stereocenters. The van der Waals surface area contributed by atoms with Crippen molar-refractivity contribution in [3.05, 3.63) is 10.7 Å². The van der Waals surface area contributed by atoms with E-state index in [9.17, 15) is 4.79 Å². The lowest BCUT2D eigenvalue weighted by molar-refractivity contribution is -0.113. The highest BCUT2D eigenvalue weighted by Crippen LogP contribution is 1.98. The molecule has 4 N–H and O–H groups in total. The van der Waals surface area contributed by atoms with Crippen LogP contribution in [-0.4, -0.2) is 5.91 Å². The number of primary amides is 1. The third-order valence-corrected chi connectivity index (χ3v) is 1.04. The molecule has 0 aliphatic heterocycles. The fourth-order valence-electron chi connectivity index (χ4n) is 0.0821. The van der Waals surface area contributed by atoms with Crippen molar-refractivity contribution >= 4 is 21.8 Å². The molecule has 0 radical (unpaired) electrons. The highest BCUT2D eigenvalue weighted by atomic mass is 79.9. The van der Waals surface area contributed by atoms with Crippen LogP contribution in [0.15, 0.2) is 10.7 Å². The van der Waals surface area contributed by atoms with Gasteiger partial charge in [-0.25, -0.2) is 0 Å². The van der Waals surface area contributed by atoms with E-state index >= 15 is 0 Å². The number of rotatable bonds is 1. The molecule has 3 nitrogen and oxygen atoms in total. The molecular weight excluding hydrogens is 160 g/mol. The van der Waals surface area contributed by atoms with Crippen molar-refractivity contribution in [1.82, 2.24) is 0 Å². The number of hydrogen-bond donors (Lipinski definition) is 2. The first-order chi connectivity index (χ1) is 3.18. The molecule has 0 saturated carbocycles. The summed E-state index contributed by atoms with van der Waals surface area (Å²) in [4.78, 5) is 9.96. The normalized spacial score (nSPS) is 11.3. The SMILES string of the molecule is N/C=C(/Br)C(N)=O. The number of carbonyl (C=O) groups excluding carboxylic acids is 1. The molecule has 0 saturated heterocycles. The van der Waals surface area contributed by atoms with E-state index < -0.39 is 5.91 Å². The lowest BCUT2D eigenvalue weighted by Gasteiger charge is -1.83. The number of nitrogens with two attached hydrogens (primary N) is 2. The van der Waals surface area contributed by atoms with Crippen LogP contribution in [0, 0.1) is 0 Å². The molecule has 0 aliphatic carbocycles. The van der Waals surface area contributed by atoms with E-state index in [1.165, 1.54) is 0 Å². The van der Waals surface area contributed by atoms with E-state index in [2.05, 4.69) is 15.9 Å². The fourth-order valence-corrected chi connectivity index (χ4v) is 0.0821. The zero-order chi connectivity index (χ0) is 5.86. The fraction of sp³-hybridized carbons (Fsp3) is 0. The Morgan fingerprint density at radius 2 is 2.14 bits per heavy atom. The summed E-state index contributed by atoms with van der Waals surface area (Å²) in [6.07, 6.45) is 1.10. The molecule has 0 fully saturated rings. The van der Waals surface area contributed by atoms with E-state index in [1.807, 2.05) is 0 Å². The molecule has 0 atom stereocenters. The first kappa shape index (κ1) is 6.49. The van der Waals surface area contributed by atoms with Crippen LogP contribution in [0.3, 0.4) is 0 Å². The van der Waals surface area contributed by atoms with Crippen molar-refractivity contribution in [2.75, 3.05) is 0 Å². The minimum atomic E-state index is -0.553. The maximum atomic E-state index is 9.96. The van der Waals surface area contributed by atoms with Crippen LogP contribution in [0.5, 0.6) is 0 Å². The van der Waals surface area contributed by atoms with Crippen molar-refractivity contribution in [3.63, 3.8) is 0 Å². The van der Waals surface area contributed by atoms with Gasteiger partial charge in [0.15, 0.2) is 0 Å². The Hall–Kier alpha value is -0.510. The maximum Gasteiger partial charge on any atom is 0.257 e. The molecule has 40 valence electrons. The molecular formula is C3H5BrN2O. The summed E-state index contributed by atoms with van der Waals surface area (Å²) in [5.41, 5.74) is 9.58.